The molecule has 5 heteroatoms. The van der Waals surface area contributed by atoms with Gasteiger partial charge in [-0.3, -0.25) is 4.79 Å². The van der Waals surface area contributed by atoms with Crippen LogP contribution in [0.4, 0.5) is 0 Å². The number of halogens is 1. The second-order valence-corrected chi connectivity index (χ2v) is 4.40. The number of nitrogens with one attached hydrogen (secondary N) is 2. The number of rotatable bonds is 3. The molecule has 0 spiro atoms. The van der Waals surface area contributed by atoms with Crippen molar-refractivity contribution < 1.29 is 9.53 Å². The normalized spacial score (nSPS) is 23.6. The smallest absolute Gasteiger partial charge is 0.253 e. The van der Waals surface area contributed by atoms with Crippen molar-refractivity contribution in [1.82, 2.24) is 10.6 Å². The topological polar surface area (TPSA) is 50.4 Å². The third-order valence-electron chi connectivity index (χ3n) is 2.90. The summed E-state index contributed by atoms with van der Waals surface area (Å²) in [6.45, 7) is 1.47. The Morgan fingerprint density at radius 1 is 1.47 bits per heavy atom. The summed E-state index contributed by atoms with van der Waals surface area (Å²) in [5, 5.41) is 6.56. The molecule has 0 bridgehead atoms. The van der Waals surface area contributed by atoms with Gasteiger partial charge >= 0.3 is 0 Å². The van der Waals surface area contributed by atoms with E-state index in [-0.39, 0.29) is 18.1 Å². The van der Waals surface area contributed by atoms with Crippen molar-refractivity contribution in [1.29, 1.82) is 0 Å². The Morgan fingerprint density at radius 2 is 2.24 bits per heavy atom. The molecule has 92 valence electrons. The van der Waals surface area contributed by atoms with Crippen molar-refractivity contribution in [3.8, 4) is 0 Å². The molecule has 1 fully saturated rings. The van der Waals surface area contributed by atoms with Crippen molar-refractivity contribution in [2.45, 2.75) is 12.1 Å². The van der Waals surface area contributed by atoms with Crippen molar-refractivity contribution in [3.05, 3.63) is 34.9 Å². The molecule has 0 saturated carbocycles. The lowest BCUT2D eigenvalue weighted by Crippen LogP contribution is -2.43. The van der Waals surface area contributed by atoms with E-state index in [9.17, 15) is 4.79 Å². The quantitative estimate of drug-likeness (QED) is 0.848. The predicted molar refractivity (Wildman–Crippen MR) is 66.4 cm³/mol. The van der Waals surface area contributed by atoms with Crippen molar-refractivity contribution >= 4 is 17.5 Å². The maximum absolute atomic E-state index is 12.0. The Morgan fingerprint density at radius 3 is 2.94 bits per heavy atom. The highest BCUT2D eigenvalue weighted by molar-refractivity contribution is 6.33. The van der Waals surface area contributed by atoms with Crippen molar-refractivity contribution in [3.63, 3.8) is 0 Å². The molecule has 1 amide bonds. The van der Waals surface area contributed by atoms with Gasteiger partial charge in [-0.05, 0) is 12.1 Å². The number of carbonyl (C=O) groups excluding carboxylic acids is 1. The molecular weight excluding hydrogens is 240 g/mol. The highest BCUT2D eigenvalue weighted by Crippen LogP contribution is 2.15. The summed E-state index contributed by atoms with van der Waals surface area (Å²) in [5.74, 6) is -0.161. The number of amides is 1. The van der Waals surface area contributed by atoms with Crippen LogP contribution in [0.15, 0.2) is 24.3 Å². The number of hydrogen-bond acceptors (Lipinski definition) is 3. The number of benzene rings is 1. The van der Waals surface area contributed by atoms with E-state index in [1.807, 2.05) is 0 Å². The number of hydrogen-bond donors (Lipinski definition) is 2. The molecule has 17 heavy (non-hydrogen) atoms. The summed E-state index contributed by atoms with van der Waals surface area (Å²) in [7, 11) is 1.65. The maximum atomic E-state index is 12.0. The molecule has 2 atom stereocenters. The molecule has 1 saturated heterocycles. The standard InChI is InChI=1S/C12H15ClN2O2/c1-17-11-7-14-6-10(11)15-12(16)8-4-2-3-5-9(8)13/h2-5,10-11,14H,6-7H2,1H3,(H,15,16)/t10?,11-/m0/s1. The van der Waals surface area contributed by atoms with Gasteiger partial charge in [-0.2, -0.15) is 0 Å². The second-order valence-electron chi connectivity index (χ2n) is 3.99. The molecule has 2 N–H and O–H groups in total. The van der Waals surface area contributed by atoms with E-state index >= 15 is 0 Å². The van der Waals surface area contributed by atoms with E-state index in [0.29, 0.717) is 17.1 Å². The monoisotopic (exact) mass is 254 g/mol. The van der Waals surface area contributed by atoms with E-state index in [2.05, 4.69) is 10.6 Å². The minimum Gasteiger partial charge on any atom is -0.378 e. The Bertz CT molecular complexity index is 411. The third kappa shape index (κ3) is 2.77. The molecule has 1 unspecified atom stereocenters. The summed E-state index contributed by atoms with van der Waals surface area (Å²) < 4.78 is 5.28. The van der Waals surface area contributed by atoms with Gasteiger partial charge in [0.15, 0.2) is 0 Å². The van der Waals surface area contributed by atoms with Gasteiger partial charge in [0.05, 0.1) is 22.7 Å². The zero-order valence-electron chi connectivity index (χ0n) is 9.57. The van der Waals surface area contributed by atoms with Gasteiger partial charge in [0.2, 0.25) is 0 Å². The summed E-state index contributed by atoms with van der Waals surface area (Å²) in [5.41, 5.74) is 0.496. The van der Waals surface area contributed by atoms with Crippen LogP contribution in [0.2, 0.25) is 5.02 Å². The highest BCUT2D eigenvalue weighted by atomic mass is 35.5. The first-order valence-electron chi connectivity index (χ1n) is 5.51. The number of methoxy groups -OCH3 is 1. The Kier molecular flexibility index (Phi) is 3.99. The molecule has 2 rings (SSSR count). The van der Waals surface area contributed by atoms with Gasteiger partial charge < -0.3 is 15.4 Å². The average molecular weight is 255 g/mol. The Hall–Kier alpha value is -1.10. The zero-order valence-corrected chi connectivity index (χ0v) is 10.3. The summed E-state index contributed by atoms with van der Waals surface area (Å²) in [6, 6.07) is 7.00. The average Bonchev–Trinajstić information content (AvgIpc) is 2.76. The largest absolute Gasteiger partial charge is 0.378 e. The van der Waals surface area contributed by atoms with Gasteiger partial charge in [-0.25, -0.2) is 0 Å². The lowest BCUT2D eigenvalue weighted by Gasteiger charge is -2.18. The fraction of sp³-hybridized carbons (Fsp3) is 0.417. The van der Waals surface area contributed by atoms with Crippen molar-refractivity contribution in [2.24, 2.45) is 0 Å². The molecule has 0 aliphatic carbocycles. The van der Waals surface area contributed by atoms with Gasteiger partial charge in [0.25, 0.3) is 5.91 Å². The van der Waals surface area contributed by atoms with Gasteiger partial charge in [-0.15, -0.1) is 0 Å². The molecule has 0 radical (unpaired) electrons. The molecule has 1 heterocycles. The lowest BCUT2D eigenvalue weighted by atomic mass is 10.1. The van der Waals surface area contributed by atoms with Crippen LogP contribution < -0.4 is 10.6 Å². The molecule has 1 aromatic carbocycles. The van der Waals surface area contributed by atoms with Crippen molar-refractivity contribution in [2.75, 3.05) is 20.2 Å². The predicted octanol–water partition coefficient (Wildman–Crippen LogP) is 1.06. The zero-order chi connectivity index (χ0) is 12.3. The summed E-state index contributed by atoms with van der Waals surface area (Å²) in [6.07, 6.45) is 0.0152. The Labute approximate surface area is 105 Å². The minimum atomic E-state index is -0.161. The third-order valence-corrected chi connectivity index (χ3v) is 3.23. The lowest BCUT2D eigenvalue weighted by molar-refractivity contribution is 0.0780. The van der Waals surface area contributed by atoms with Gasteiger partial charge in [0, 0.05) is 20.2 Å². The highest BCUT2D eigenvalue weighted by Gasteiger charge is 2.28. The van der Waals surface area contributed by atoms with E-state index in [4.69, 9.17) is 16.3 Å². The van der Waals surface area contributed by atoms with E-state index in [1.54, 1.807) is 31.4 Å². The molecule has 1 aromatic rings. The molecular formula is C12H15ClN2O2. The molecule has 4 nitrogen and oxygen atoms in total. The van der Waals surface area contributed by atoms with Gasteiger partial charge in [-0.1, -0.05) is 23.7 Å². The van der Waals surface area contributed by atoms with Crippen LogP contribution >= 0.6 is 11.6 Å². The number of carbonyl (C=O) groups is 1. The van der Waals surface area contributed by atoms with Crippen LogP contribution in [0, 0.1) is 0 Å². The molecule has 0 aromatic heterocycles. The molecule has 1 aliphatic heterocycles. The SMILES string of the molecule is CO[C@H]1CNCC1NC(=O)c1ccccc1Cl. The first-order valence-corrected chi connectivity index (χ1v) is 5.89. The van der Waals surface area contributed by atoms with E-state index < -0.39 is 0 Å². The van der Waals surface area contributed by atoms with Crippen LogP contribution in [0.1, 0.15) is 10.4 Å². The fourth-order valence-corrected chi connectivity index (χ4v) is 2.16. The van der Waals surface area contributed by atoms with E-state index in [0.717, 1.165) is 6.54 Å². The van der Waals surface area contributed by atoms with Crippen LogP contribution in [0.3, 0.4) is 0 Å². The maximum Gasteiger partial charge on any atom is 0.253 e. The second kappa shape index (κ2) is 5.49. The van der Waals surface area contributed by atoms with E-state index in [1.165, 1.54) is 0 Å². The summed E-state index contributed by atoms with van der Waals surface area (Å²) in [4.78, 5) is 12.0. The minimum absolute atomic E-state index is 0.0104. The summed E-state index contributed by atoms with van der Waals surface area (Å²) >= 11 is 5.97. The van der Waals surface area contributed by atoms with Crippen LogP contribution in [-0.4, -0.2) is 38.3 Å². The fourth-order valence-electron chi connectivity index (χ4n) is 1.94. The Balaban J connectivity index is 2.04. The first-order chi connectivity index (χ1) is 8.22. The number of ether oxygens (including phenoxy) is 1. The van der Waals surface area contributed by atoms with Crippen LogP contribution in [0.5, 0.6) is 0 Å². The molecule has 1 aliphatic rings. The van der Waals surface area contributed by atoms with Crippen LogP contribution in [0.25, 0.3) is 0 Å². The van der Waals surface area contributed by atoms with Gasteiger partial charge in [0.1, 0.15) is 0 Å². The first kappa shape index (κ1) is 12.4. The van der Waals surface area contributed by atoms with Crippen LogP contribution in [-0.2, 0) is 4.74 Å².